The molecule has 1 saturated heterocycles. The Kier molecular flexibility index (Phi) is 7.62. The zero-order valence-corrected chi connectivity index (χ0v) is 12.9. The van der Waals surface area contributed by atoms with Gasteiger partial charge >= 0.3 is 0 Å². The van der Waals surface area contributed by atoms with Crippen LogP contribution in [0.4, 0.5) is 0 Å². The molecule has 20 heavy (non-hydrogen) atoms. The number of halogens is 1. The molecule has 1 aromatic heterocycles. The summed E-state index contributed by atoms with van der Waals surface area (Å²) in [5.41, 5.74) is 1.17. The van der Waals surface area contributed by atoms with Crippen molar-refractivity contribution in [1.82, 2.24) is 20.4 Å². The zero-order valence-electron chi connectivity index (χ0n) is 12.1. The van der Waals surface area contributed by atoms with Crippen LogP contribution in [0.5, 0.6) is 0 Å². The number of aromatic nitrogens is 2. The number of piperidine rings is 1. The van der Waals surface area contributed by atoms with E-state index in [0.717, 1.165) is 31.8 Å². The summed E-state index contributed by atoms with van der Waals surface area (Å²) in [6.07, 6.45) is 8.80. The number of hydrogen-bond acceptors (Lipinski definition) is 3. The van der Waals surface area contributed by atoms with Crippen LogP contribution in [0.25, 0.3) is 0 Å². The standard InChI is InChI=1S/C14H24N4O.ClH/c1-18-11-13(10-17-18)6-9-16-14(19)3-2-12-4-7-15-8-5-12;/h10-12,15H,2-9H2,1H3,(H,16,19);1H. The monoisotopic (exact) mass is 300 g/mol. The fourth-order valence-electron chi connectivity index (χ4n) is 2.54. The summed E-state index contributed by atoms with van der Waals surface area (Å²) in [6, 6.07) is 0. The molecule has 2 N–H and O–H groups in total. The molecule has 0 radical (unpaired) electrons. The number of aryl methyl sites for hydroxylation is 1. The largest absolute Gasteiger partial charge is 0.356 e. The first-order valence-corrected chi connectivity index (χ1v) is 7.19. The van der Waals surface area contributed by atoms with Crippen molar-refractivity contribution < 1.29 is 4.79 Å². The van der Waals surface area contributed by atoms with Crippen molar-refractivity contribution in [2.24, 2.45) is 13.0 Å². The Morgan fingerprint density at radius 3 is 2.90 bits per heavy atom. The Morgan fingerprint density at radius 1 is 1.50 bits per heavy atom. The quantitative estimate of drug-likeness (QED) is 0.832. The summed E-state index contributed by atoms with van der Waals surface area (Å²) < 4.78 is 1.79. The van der Waals surface area contributed by atoms with Crippen molar-refractivity contribution in [2.45, 2.75) is 32.1 Å². The number of carbonyl (C=O) groups is 1. The second kappa shape index (κ2) is 8.97. The van der Waals surface area contributed by atoms with Crippen molar-refractivity contribution >= 4 is 18.3 Å². The number of carbonyl (C=O) groups excluding carboxylic acids is 1. The van der Waals surface area contributed by atoms with Gasteiger partial charge in [-0.15, -0.1) is 12.4 Å². The zero-order chi connectivity index (χ0) is 13.5. The van der Waals surface area contributed by atoms with Crippen LogP contribution in [0.15, 0.2) is 12.4 Å². The Balaban J connectivity index is 0.00000200. The van der Waals surface area contributed by atoms with Crippen molar-refractivity contribution in [3.8, 4) is 0 Å². The van der Waals surface area contributed by atoms with Gasteiger partial charge in [0.1, 0.15) is 0 Å². The highest BCUT2D eigenvalue weighted by Crippen LogP contribution is 2.17. The van der Waals surface area contributed by atoms with E-state index in [0.29, 0.717) is 13.0 Å². The summed E-state index contributed by atoms with van der Waals surface area (Å²) in [5, 5.41) is 10.4. The molecule has 1 aromatic rings. The molecular weight excluding hydrogens is 276 g/mol. The lowest BCUT2D eigenvalue weighted by Gasteiger charge is -2.22. The molecule has 2 heterocycles. The molecule has 0 aliphatic carbocycles. The van der Waals surface area contributed by atoms with Gasteiger partial charge in [-0.1, -0.05) is 0 Å². The van der Waals surface area contributed by atoms with E-state index in [1.54, 1.807) is 4.68 Å². The van der Waals surface area contributed by atoms with E-state index in [2.05, 4.69) is 15.7 Å². The minimum Gasteiger partial charge on any atom is -0.356 e. The van der Waals surface area contributed by atoms with Gasteiger partial charge in [-0.2, -0.15) is 5.10 Å². The Bertz CT molecular complexity index is 402. The highest BCUT2D eigenvalue weighted by Gasteiger charge is 2.14. The van der Waals surface area contributed by atoms with Crippen LogP contribution < -0.4 is 10.6 Å². The topological polar surface area (TPSA) is 59.0 Å². The van der Waals surface area contributed by atoms with E-state index in [4.69, 9.17) is 0 Å². The second-order valence-electron chi connectivity index (χ2n) is 5.35. The van der Waals surface area contributed by atoms with Crippen molar-refractivity contribution in [3.05, 3.63) is 18.0 Å². The minimum atomic E-state index is 0. The lowest BCUT2D eigenvalue weighted by Crippen LogP contribution is -2.30. The van der Waals surface area contributed by atoms with Gasteiger partial charge in [-0.25, -0.2) is 0 Å². The van der Waals surface area contributed by atoms with E-state index < -0.39 is 0 Å². The molecule has 0 saturated carbocycles. The molecule has 1 aliphatic rings. The molecule has 0 spiro atoms. The maximum atomic E-state index is 11.7. The summed E-state index contributed by atoms with van der Waals surface area (Å²) in [6.45, 7) is 2.91. The number of hydrogen-bond donors (Lipinski definition) is 2. The number of rotatable bonds is 6. The molecule has 1 fully saturated rings. The van der Waals surface area contributed by atoms with Crippen LogP contribution in [0.2, 0.25) is 0 Å². The van der Waals surface area contributed by atoms with Crippen LogP contribution in [-0.2, 0) is 18.3 Å². The number of amides is 1. The molecule has 1 amide bonds. The van der Waals surface area contributed by atoms with E-state index in [1.165, 1.54) is 18.4 Å². The van der Waals surface area contributed by atoms with Gasteiger partial charge in [-0.05, 0) is 50.3 Å². The third kappa shape index (κ3) is 5.92. The van der Waals surface area contributed by atoms with E-state index in [-0.39, 0.29) is 18.3 Å². The SMILES string of the molecule is Cl.Cn1cc(CCNC(=O)CCC2CCNCC2)cn1. The molecular formula is C14H25ClN4O. The van der Waals surface area contributed by atoms with E-state index >= 15 is 0 Å². The van der Waals surface area contributed by atoms with Gasteiger partial charge in [0.15, 0.2) is 0 Å². The van der Waals surface area contributed by atoms with E-state index in [9.17, 15) is 4.79 Å². The third-order valence-corrected chi connectivity index (χ3v) is 3.73. The van der Waals surface area contributed by atoms with Crippen LogP contribution in [0, 0.1) is 5.92 Å². The first-order valence-electron chi connectivity index (χ1n) is 7.19. The van der Waals surface area contributed by atoms with Crippen molar-refractivity contribution in [2.75, 3.05) is 19.6 Å². The van der Waals surface area contributed by atoms with Crippen LogP contribution >= 0.6 is 12.4 Å². The Labute approximate surface area is 126 Å². The third-order valence-electron chi connectivity index (χ3n) is 3.73. The maximum absolute atomic E-state index is 11.7. The molecule has 5 nitrogen and oxygen atoms in total. The summed E-state index contributed by atoms with van der Waals surface area (Å²) in [4.78, 5) is 11.7. The second-order valence-corrected chi connectivity index (χ2v) is 5.35. The molecule has 0 unspecified atom stereocenters. The average molecular weight is 301 g/mol. The van der Waals surface area contributed by atoms with Crippen LogP contribution in [0.3, 0.4) is 0 Å². The Hall–Kier alpha value is -1.07. The molecule has 114 valence electrons. The van der Waals surface area contributed by atoms with Crippen molar-refractivity contribution in [1.29, 1.82) is 0 Å². The van der Waals surface area contributed by atoms with Gasteiger partial charge < -0.3 is 10.6 Å². The predicted octanol–water partition coefficient (Wildman–Crippen LogP) is 1.28. The molecule has 1 aliphatic heterocycles. The molecule has 0 bridgehead atoms. The Morgan fingerprint density at radius 2 is 2.25 bits per heavy atom. The minimum absolute atomic E-state index is 0. The summed E-state index contributed by atoms with van der Waals surface area (Å²) in [7, 11) is 1.90. The van der Waals surface area contributed by atoms with Gasteiger partial charge in [0.2, 0.25) is 5.91 Å². The first kappa shape index (κ1) is 17.0. The molecule has 0 aromatic carbocycles. The van der Waals surface area contributed by atoms with Gasteiger partial charge in [-0.3, -0.25) is 9.48 Å². The summed E-state index contributed by atoms with van der Waals surface area (Å²) >= 11 is 0. The lowest BCUT2D eigenvalue weighted by atomic mass is 9.93. The number of nitrogens with one attached hydrogen (secondary N) is 2. The highest BCUT2D eigenvalue weighted by atomic mass is 35.5. The average Bonchev–Trinajstić information content (AvgIpc) is 2.83. The van der Waals surface area contributed by atoms with Crippen molar-refractivity contribution in [3.63, 3.8) is 0 Å². The summed E-state index contributed by atoms with van der Waals surface area (Å²) in [5.74, 6) is 0.910. The van der Waals surface area contributed by atoms with Gasteiger partial charge in [0.25, 0.3) is 0 Å². The normalized spacial score (nSPS) is 15.7. The molecule has 0 atom stereocenters. The fraction of sp³-hybridized carbons (Fsp3) is 0.714. The number of nitrogens with zero attached hydrogens (tertiary/aromatic N) is 2. The first-order chi connectivity index (χ1) is 9.24. The predicted molar refractivity (Wildman–Crippen MR) is 82.0 cm³/mol. The van der Waals surface area contributed by atoms with Gasteiger partial charge in [0, 0.05) is 26.2 Å². The molecule has 6 heteroatoms. The van der Waals surface area contributed by atoms with Crippen LogP contribution in [0.1, 0.15) is 31.2 Å². The lowest BCUT2D eigenvalue weighted by molar-refractivity contribution is -0.121. The fourth-order valence-corrected chi connectivity index (χ4v) is 2.54. The molecule has 2 rings (SSSR count). The van der Waals surface area contributed by atoms with Gasteiger partial charge in [0.05, 0.1) is 6.20 Å². The maximum Gasteiger partial charge on any atom is 0.220 e. The van der Waals surface area contributed by atoms with E-state index in [1.807, 2.05) is 19.4 Å². The smallest absolute Gasteiger partial charge is 0.220 e. The highest BCUT2D eigenvalue weighted by molar-refractivity contribution is 5.85. The van der Waals surface area contributed by atoms with Crippen LogP contribution in [-0.4, -0.2) is 35.3 Å².